The molecule has 176 valence electrons. The molecule has 8 nitrogen and oxygen atoms in total. The molecule has 35 heavy (non-hydrogen) atoms. The van der Waals surface area contributed by atoms with E-state index in [9.17, 15) is 22.8 Å². The predicted octanol–water partition coefficient (Wildman–Crippen LogP) is 4.03. The van der Waals surface area contributed by atoms with E-state index in [2.05, 4.69) is 20.2 Å². The molecule has 5 aromatic rings. The maximum absolute atomic E-state index is 13.0. The summed E-state index contributed by atoms with van der Waals surface area (Å²) in [5.74, 6) is 0. The minimum absolute atomic E-state index is 0.116. The topological polar surface area (TPSA) is 97.9 Å². The normalized spacial score (nSPS) is 11.8. The molecule has 1 N–H and O–H groups in total. The first-order chi connectivity index (χ1) is 16.7. The molecule has 0 aliphatic rings. The third-order valence-electron chi connectivity index (χ3n) is 5.29. The van der Waals surface area contributed by atoms with E-state index in [0.717, 1.165) is 27.0 Å². The highest BCUT2D eigenvalue weighted by Gasteiger charge is 2.32. The van der Waals surface area contributed by atoms with Crippen molar-refractivity contribution in [1.29, 1.82) is 0 Å². The Hall–Kier alpha value is -4.25. The van der Waals surface area contributed by atoms with Gasteiger partial charge in [0.1, 0.15) is 5.69 Å². The number of aromatic amines is 1. The molecule has 0 fully saturated rings. The number of halogens is 4. The summed E-state index contributed by atoms with van der Waals surface area (Å²) in [4.78, 5) is 30.7. The van der Waals surface area contributed by atoms with Gasteiger partial charge in [-0.15, -0.1) is 5.10 Å². The van der Waals surface area contributed by atoms with Crippen LogP contribution in [-0.2, 0) is 12.7 Å². The molecule has 1 aromatic carbocycles. The molecule has 4 heterocycles. The quantitative estimate of drug-likeness (QED) is 0.403. The molecular weight excluding hydrogens is 485 g/mol. The fourth-order valence-electron chi connectivity index (χ4n) is 3.62. The van der Waals surface area contributed by atoms with Crippen molar-refractivity contribution in [2.24, 2.45) is 0 Å². The molecule has 4 aromatic heterocycles. The van der Waals surface area contributed by atoms with Crippen LogP contribution >= 0.6 is 11.6 Å². The van der Waals surface area contributed by atoms with E-state index in [1.54, 1.807) is 30.3 Å². The summed E-state index contributed by atoms with van der Waals surface area (Å²) in [6, 6.07) is 12.0. The second-order valence-corrected chi connectivity index (χ2v) is 8.04. The summed E-state index contributed by atoms with van der Waals surface area (Å²) in [5, 5.41) is 9.20. The van der Waals surface area contributed by atoms with E-state index in [1.165, 1.54) is 24.5 Å². The van der Waals surface area contributed by atoms with Gasteiger partial charge >= 0.3 is 11.9 Å². The molecule has 0 saturated heterocycles. The Kier molecular flexibility index (Phi) is 5.48. The van der Waals surface area contributed by atoms with Crippen LogP contribution in [0.2, 0.25) is 5.02 Å². The van der Waals surface area contributed by atoms with Gasteiger partial charge in [0.2, 0.25) is 5.56 Å². The first-order valence-corrected chi connectivity index (χ1v) is 10.5. The minimum Gasteiger partial charge on any atom is -0.328 e. The van der Waals surface area contributed by atoms with Crippen LogP contribution in [0.1, 0.15) is 11.3 Å². The second kappa shape index (κ2) is 8.51. The van der Waals surface area contributed by atoms with Gasteiger partial charge in [-0.1, -0.05) is 29.8 Å². The lowest BCUT2D eigenvalue weighted by Gasteiger charge is -2.10. The van der Waals surface area contributed by atoms with Crippen LogP contribution in [0, 0.1) is 0 Å². The summed E-state index contributed by atoms with van der Waals surface area (Å²) >= 11 is 6.02. The summed E-state index contributed by atoms with van der Waals surface area (Å²) < 4.78 is 40.6. The fourth-order valence-corrected chi connectivity index (χ4v) is 3.75. The molecule has 5 rings (SSSR count). The standard InChI is InChI=1S/C23H14ClF3N6O2/c24-16-5-2-14(3-6-16)17-11-30-33-21(20(17)15-4-8-19(34)29-10-15)31-32(22(33)35)12-13-1-7-18(28-9-13)23(25,26)27/h1-11H,12H2,(H,29,34). The van der Waals surface area contributed by atoms with Crippen molar-refractivity contribution < 1.29 is 13.2 Å². The molecule has 0 bridgehead atoms. The molecule has 0 saturated carbocycles. The number of hydrogen-bond donors (Lipinski definition) is 1. The van der Waals surface area contributed by atoms with Crippen molar-refractivity contribution in [3.63, 3.8) is 0 Å². The highest BCUT2D eigenvalue weighted by molar-refractivity contribution is 6.30. The van der Waals surface area contributed by atoms with Crippen LogP contribution < -0.4 is 11.2 Å². The Labute approximate surface area is 199 Å². The largest absolute Gasteiger partial charge is 0.433 e. The first-order valence-electron chi connectivity index (χ1n) is 10.2. The molecule has 12 heteroatoms. The molecule has 0 unspecified atom stereocenters. The van der Waals surface area contributed by atoms with E-state index in [1.807, 2.05) is 0 Å². The molecular formula is C23H14ClF3N6O2. The lowest BCUT2D eigenvalue weighted by molar-refractivity contribution is -0.141. The van der Waals surface area contributed by atoms with E-state index in [0.29, 0.717) is 27.3 Å². The van der Waals surface area contributed by atoms with Crippen molar-refractivity contribution in [2.45, 2.75) is 12.7 Å². The highest BCUT2D eigenvalue weighted by atomic mass is 35.5. The predicted molar refractivity (Wildman–Crippen MR) is 122 cm³/mol. The number of nitrogens with one attached hydrogen (secondary N) is 1. The van der Waals surface area contributed by atoms with Crippen LogP contribution in [-0.4, -0.2) is 29.4 Å². The first kappa shape index (κ1) is 22.5. The van der Waals surface area contributed by atoms with Gasteiger partial charge in [0.25, 0.3) is 0 Å². The SMILES string of the molecule is O=c1ccc(-c2c(-c3ccc(Cl)cc3)cnn3c(=O)n(Cc4ccc(C(F)(F)F)nc4)nc23)c[nH]1. The van der Waals surface area contributed by atoms with E-state index in [-0.39, 0.29) is 17.8 Å². The monoisotopic (exact) mass is 498 g/mol. The van der Waals surface area contributed by atoms with Crippen LogP contribution in [0.4, 0.5) is 13.2 Å². The number of hydrogen-bond acceptors (Lipinski definition) is 5. The van der Waals surface area contributed by atoms with Crippen LogP contribution in [0.25, 0.3) is 27.9 Å². The molecule has 0 aliphatic heterocycles. The number of benzene rings is 1. The van der Waals surface area contributed by atoms with Crippen molar-refractivity contribution in [3.8, 4) is 22.3 Å². The maximum atomic E-state index is 13.0. The van der Waals surface area contributed by atoms with Crippen LogP contribution in [0.3, 0.4) is 0 Å². The second-order valence-electron chi connectivity index (χ2n) is 7.61. The highest BCUT2D eigenvalue weighted by Crippen LogP contribution is 2.34. The fraction of sp³-hybridized carbons (Fsp3) is 0.0870. The van der Waals surface area contributed by atoms with E-state index in [4.69, 9.17) is 11.6 Å². The van der Waals surface area contributed by atoms with Gasteiger partial charge in [0, 0.05) is 40.2 Å². The zero-order valence-corrected chi connectivity index (χ0v) is 18.4. The maximum Gasteiger partial charge on any atom is 0.433 e. The smallest absolute Gasteiger partial charge is 0.328 e. The van der Waals surface area contributed by atoms with Crippen molar-refractivity contribution in [3.05, 3.63) is 104 Å². The van der Waals surface area contributed by atoms with Crippen LogP contribution in [0.15, 0.2) is 76.7 Å². The third kappa shape index (κ3) is 4.33. The molecule has 0 atom stereocenters. The van der Waals surface area contributed by atoms with E-state index < -0.39 is 17.6 Å². The van der Waals surface area contributed by atoms with Gasteiger partial charge in [0.05, 0.1) is 12.7 Å². The Morgan fingerprint density at radius 2 is 1.69 bits per heavy atom. The Morgan fingerprint density at radius 1 is 0.943 bits per heavy atom. The van der Waals surface area contributed by atoms with Gasteiger partial charge in [-0.05, 0) is 35.4 Å². The lowest BCUT2D eigenvalue weighted by Crippen LogP contribution is -2.23. The van der Waals surface area contributed by atoms with Crippen LogP contribution in [0.5, 0.6) is 0 Å². The molecule has 0 aliphatic carbocycles. The number of H-pyrrole nitrogens is 1. The number of alkyl halides is 3. The van der Waals surface area contributed by atoms with Gasteiger partial charge in [-0.3, -0.25) is 9.78 Å². The van der Waals surface area contributed by atoms with Gasteiger partial charge < -0.3 is 4.98 Å². The minimum atomic E-state index is -4.56. The molecule has 0 spiro atoms. The van der Waals surface area contributed by atoms with Crippen molar-refractivity contribution >= 4 is 17.2 Å². The molecule has 0 amide bonds. The zero-order valence-electron chi connectivity index (χ0n) is 17.6. The van der Waals surface area contributed by atoms with Gasteiger partial charge in [-0.25, -0.2) is 9.48 Å². The van der Waals surface area contributed by atoms with Gasteiger partial charge in [0.15, 0.2) is 5.65 Å². The molecule has 0 radical (unpaired) electrons. The average Bonchev–Trinajstić information content (AvgIpc) is 3.14. The number of rotatable bonds is 4. The average molecular weight is 499 g/mol. The number of nitrogens with zero attached hydrogens (tertiary/aromatic N) is 5. The summed E-state index contributed by atoms with van der Waals surface area (Å²) in [5.41, 5.74) is 1.13. The Morgan fingerprint density at radius 3 is 2.31 bits per heavy atom. The lowest BCUT2D eigenvalue weighted by atomic mass is 9.98. The number of aromatic nitrogens is 6. The Balaban J connectivity index is 1.66. The zero-order chi connectivity index (χ0) is 24.7. The van der Waals surface area contributed by atoms with Crippen molar-refractivity contribution in [2.75, 3.05) is 0 Å². The summed E-state index contributed by atoms with van der Waals surface area (Å²) in [6.07, 6.45) is -0.509. The van der Waals surface area contributed by atoms with Gasteiger partial charge in [-0.2, -0.15) is 22.8 Å². The van der Waals surface area contributed by atoms with E-state index >= 15 is 0 Å². The number of fused-ring (bicyclic) bond motifs is 1. The summed E-state index contributed by atoms with van der Waals surface area (Å²) in [6.45, 7) is -0.116. The summed E-state index contributed by atoms with van der Waals surface area (Å²) in [7, 11) is 0. The number of pyridine rings is 2. The Bertz CT molecular complexity index is 1630. The van der Waals surface area contributed by atoms with Crippen molar-refractivity contribution in [1.82, 2.24) is 29.4 Å². The third-order valence-corrected chi connectivity index (χ3v) is 5.54.